The molecule has 4 rings (SSSR count). The maximum atomic E-state index is 9.61. The summed E-state index contributed by atoms with van der Waals surface area (Å²) in [5.74, 6) is 1.47. The second-order valence-electron chi connectivity index (χ2n) is 5.54. The minimum atomic E-state index is 0.310. The molecule has 22 heavy (non-hydrogen) atoms. The van der Waals surface area contributed by atoms with Crippen molar-refractivity contribution in [3.8, 4) is 5.75 Å². The number of aromatic nitrogens is 2. The summed E-state index contributed by atoms with van der Waals surface area (Å²) in [4.78, 5) is 7.79. The van der Waals surface area contributed by atoms with E-state index in [1.165, 1.54) is 22.1 Å². The molecule has 1 aliphatic rings. The van der Waals surface area contributed by atoms with Crippen LogP contribution >= 0.6 is 11.8 Å². The molecule has 0 unspecified atom stereocenters. The van der Waals surface area contributed by atoms with Crippen LogP contribution in [-0.4, -0.2) is 20.8 Å². The molecular formula is C18H16N2OS. The fourth-order valence-corrected chi connectivity index (χ4v) is 3.78. The van der Waals surface area contributed by atoms with Crippen LogP contribution in [-0.2, 0) is 6.42 Å². The van der Waals surface area contributed by atoms with E-state index in [9.17, 15) is 5.11 Å². The van der Waals surface area contributed by atoms with Gasteiger partial charge in [-0.15, -0.1) is 11.8 Å². The molecule has 2 N–H and O–H groups in total. The number of nitrogens with one attached hydrogen (secondary N) is 1. The van der Waals surface area contributed by atoms with Crippen LogP contribution in [0.4, 0.5) is 0 Å². The second-order valence-corrected chi connectivity index (χ2v) is 6.52. The first-order chi connectivity index (χ1) is 10.8. The van der Waals surface area contributed by atoms with Crippen molar-refractivity contribution in [2.45, 2.75) is 12.8 Å². The van der Waals surface area contributed by atoms with Gasteiger partial charge in [0.25, 0.3) is 0 Å². The Labute approximate surface area is 133 Å². The molecule has 0 amide bonds. The summed E-state index contributed by atoms with van der Waals surface area (Å²) in [6.45, 7) is 0. The van der Waals surface area contributed by atoms with E-state index in [1.54, 1.807) is 6.07 Å². The largest absolute Gasteiger partial charge is 0.508 e. The predicted molar refractivity (Wildman–Crippen MR) is 92.1 cm³/mol. The Morgan fingerprint density at radius 3 is 3.05 bits per heavy atom. The van der Waals surface area contributed by atoms with Crippen LogP contribution in [0.5, 0.6) is 5.75 Å². The van der Waals surface area contributed by atoms with E-state index in [0.29, 0.717) is 5.75 Å². The average molecular weight is 308 g/mol. The fraction of sp³-hybridized carbons (Fsp3) is 0.167. The zero-order valence-electron chi connectivity index (χ0n) is 12.0. The van der Waals surface area contributed by atoms with E-state index >= 15 is 0 Å². The highest BCUT2D eigenvalue weighted by Gasteiger charge is 2.12. The van der Waals surface area contributed by atoms with E-state index in [1.807, 2.05) is 42.4 Å². The van der Waals surface area contributed by atoms with Crippen molar-refractivity contribution in [1.82, 2.24) is 9.97 Å². The van der Waals surface area contributed by atoms with E-state index in [4.69, 9.17) is 0 Å². The van der Waals surface area contributed by atoms with Gasteiger partial charge in [0.1, 0.15) is 11.4 Å². The number of phenols is 1. The van der Waals surface area contributed by atoms with Gasteiger partial charge in [0.2, 0.25) is 0 Å². The number of aromatic hydroxyl groups is 1. The first-order valence-corrected chi connectivity index (χ1v) is 8.39. The molecule has 0 bridgehead atoms. The normalized spacial score (nSPS) is 14.5. The van der Waals surface area contributed by atoms with Gasteiger partial charge in [-0.25, -0.2) is 4.98 Å². The van der Waals surface area contributed by atoms with Gasteiger partial charge in [0.05, 0.1) is 0 Å². The number of thioether (sulfide) groups is 1. The van der Waals surface area contributed by atoms with Gasteiger partial charge >= 0.3 is 0 Å². The molecule has 0 radical (unpaired) electrons. The number of phenolic OH excluding ortho intramolecular Hbond substituents is 1. The van der Waals surface area contributed by atoms with Gasteiger partial charge in [0.15, 0.2) is 0 Å². The van der Waals surface area contributed by atoms with Gasteiger partial charge in [-0.1, -0.05) is 12.1 Å². The number of pyridine rings is 1. The molecule has 0 spiro atoms. The van der Waals surface area contributed by atoms with Crippen molar-refractivity contribution in [3.63, 3.8) is 0 Å². The summed E-state index contributed by atoms with van der Waals surface area (Å²) in [5, 5.41) is 13.0. The minimum absolute atomic E-state index is 0.310. The lowest BCUT2D eigenvalue weighted by atomic mass is 10.0. The van der Waals surface area contributed by atoms with E-state index in [-0.39, 0.29) is 0 Å². The summed E-state index contributed by atoms with van der Waals surface area (Å²) in [5.41, 5.74) is 5.83. The van der Waals surface area contributed by atoms with Crippen molar-refractivity contribution in [2.24, 2.45) is 0 Å². The number of aromatic amines is 1. The molecule has 110 valence electrons. The molecular weight excluding hydrogens is 292 g/mol. The highest BCUT2D eigenvalue weighted by molar-refractivity contribution is 8.02. The number of hydrogen-bond acceptors (Lipinski definition) is 3. The number of hydrogen-bond donors (Lipinski definition) is 2. The molecule has 2 aromatic heterocycles. The average Bonchev–Trinajstić information content (AvgIpc) is 3.17. The lowest BCUT2D eigenvalue weighted by Crippen LogP contribution is -1.89. The lowest BCUT2D eigenvalue weighted by Gasteiger charge is -2.04. The molecule has 3 nitrogen and oxygen atoms in total. The molecule has 3 aromatic rings. The highest BCUT2D eigenvalue weighted by atomic mass is 32.2. The Hall–Kier alpha value is -2.20. The van der Waals surface area contributed by atoms with Crippen molar-refractivity contribution in [2.75, 3.05) is 5.75 Å². The van der Waals surface area contributed by atoms with E-state index in [0.717, 1.165) is 29.8 Å². The third-order valence-electron chi connectivity index (χ3n) is 4.01. The molecule has 1 aliphatic heterocycles. The standard InChI is InChI=1S/C18H16N2OS/c21-16-3-1-2-12(7-16)6-15-10-20-18-17(15)8-14(9-19-18)13-4-5-22-11-13/h1-3,7-11,21H,4-6H2,(H,19,20). The topological polar surface area (TPSA) is 48.9 Å². The summed E-state index contributed by atoms with van der Waals surface area (Å²) in [6.07, 6.45) is 5.87. The van der Waals surface area contributed by atoms with E-state index < -0.39 is 0 Å². The van der Waals surface area contributed by atoms with Crippen LogP contribution in [0.2, 0.25) is 0 Å². The van der Waals surface area contributed by atoms with Crippen molar-refractivity contribution in [3.05, 3.63) is 64.8 Å². The van der Waals surface area contributed by atoms with Crippen molar-refractivity contribution >= 4 is 28.4 Å². The monoisotopic (exact) mass is 308 g/mol. The molecule has 0 fully saturated rings. The number of rotatable bonds is 3. The summed E-state index contributed by atoms with van der Waals surface area (Å²) in [6, 6.07) is 9.65. The fourth-order valence-electron chi connectivity index (χ4n) is 2.87. The first kappa shape index (κ1) is 13.5. The summed E-state index contributed by atoms with van der Waals surface area (Å²) in [7, 11) is 0. The lowest BCUT2D eigenvalue weighted by molar-refractivity contribution is 0.474. The van der Waals surface area contributed by atoms with Gasteiger partial charge in [-0.05, 0) is 58.7 Å². The Morgan fingerprint density at radius 1 is 1.27 bits per heavy atom. The molecule has 1 aromatic carbocycles. The van der Waals surface area contributed by atoms with Crippen molar-refractivity contribution in [1.29, 1.82) is 0 Å². The smallest absolute Gasteiger partial charge is 0.137 e. The van der Waals surface area contributed by atoms with Gasteiger partial charge in [-0.2, -0.15) is 0 Å². The zero-order valence-corrected chi connectivity index (χ0v) is 12.9. The first-order valence-electron chi connectivity index (χ1n) is 7.34. The number of H-pyrrole nitrogens is 1. The molecule has 3 heterocycles. The molecule has 0 atom stereocenters. The zero-order chi connectivity index (χ0) is 14.9. The van der Waals surface area contributed by atoms with Gasteiger partial charge in [-0.3, -0.25) is 0 Å². The van der Waals surface area contributed by atoms with Crippen LogP contribution in [0, 0.1) is 0 Å². The minimum Gasteiger partial charge on any atom is -0.508 e. The van der Waals surface area contributed by atoms with Gasteiger partial charge < -0.3 is 10.1 Å². The van der Waals surface area contributed by atoms with E-state index in [2.05, 4.69) is 21.4 Å². The third-order valence-corrected chi connectivity index (χ3v) is 4.90. The Morgan fingerprint density at radius 2 is 2.23 bits per heavy atom. The van der Waals surface area contributed by atoms with Crippen molar-refractivity contribution < 1.29 is 5.11 Å². The summed E-state index contributed by atoms with van der Waals surface area (Å²) < 4.78 is 0. The Kier molecular flexibility index (Phi) is 3.39. The number of nitrogens with zero attached hydrogens (tertiary/aromatic N) is 1. The highest BCUT2D eigenvalue weighted by Crippen LogP contribution is 2.32. The molecule has 0 aliphatic carbocycles. The van der Waals surface area contributed by atoms with Crippen LogP contribution in [0.25, 0.3) is 16.6 Å². The molecule has 4 heteroatoms. The maximum Gasteiger partial charge on any atom is 0.137 e. The van der Waals surface area contributed by atoms with Crippen LogP contribution in [0.15, 0.2) is 48.1 Å². The van der Waals surface area contributed by atoms with Crippen LogP contribution in [0.3, 0.4) is 0 Å². The SMILES string of the molecule is Oc1cccc(Cc2c[nH]c3ncc(C4=CSCC4)cc23)c1. The number of allylic oxidation sites excluding steroid dienone is 1. The quantitative estimate of drug-likeness (QED) is 0.757. The molecule has 0 saturated carbocycles. The van der Waals surface area contributed by atoms with Crippen LogP contribution in [0.1, 0.15) is 23.1 Å². The molecule has 0 saturated heterocycles. The Balaban J connectivity index is 1.73. The van der Waals surface area contributed by atoms with Gasteiger partial charge in [0, 0.05) is 23.5 Å². The number of fused-ring (bicyclic) bond motifs is 1. The summed E-state index contributed by atoms with van der Waals surface area (Å²) >= 11 is 1.87. The Bertz CT molecular complexity index is 866. The predicted octanol–water partition coefficient (Wildman–Crippen LogP) is 4.34. The third kappa shape index (κ3) is 2.50. The van der Waals surface area contributed by atoms with Crippen LogP contribution < -0.4 is 0 Å². The number of benzene rings is 1. The maximum absolute atomic E-state index is 9.61. The second kappa shape index (κ2) is 5.54.